The number of hydrogen-bond acceptors (Lipinski definition) is 2. The number of rotatable bonds is 3. The maximum Gasteiger partial charge on any atom is 0.137 e. The van der Waals surface area contributed by atoms with E-state index in [9.17, 15) is 4.39 Å². The van der Waals surface area contributed by atoms with Gasteiger partial charge in [-0.2, -0.15) is 0 Å². The van der Waals surface area contributed by atoms with Crippen molar-refractivity contribution in [1.82, 2.24) is 5.32 Å². The van der Waals surface area contributed by atoms with Crippen LogP contribution in [-0.2, 0) is 6.42 Å². The largest absolute Gasteiger partial charge is 0.493 e. The second kappa shape index (κ2) is 5.95. The molecule has 2 nitrogen and oxygen atoms in total. The molecule has 1 atom stereocenters. The zero-order valence-electron chi connectivity index (χ0n) is 11.4. The molecule has 1 unspecified atom stereocenters. The fourth-order valence-electron chi connectivity index (χ4n) is 2.71. The molecule has 0 fully saturated rings. The summed E-state index contributed by atoms with van der Waals surface area (Å²) in [5, 5.41) is 3.89. The highest BCUT2D eigenvalue weighted by molar-refractivity contribution is 9.10. The normalized spacial score (nSPS) is 14.7. The molecular formula is C16H14BrClFNO. The Morgan fingerprint density at radius 1 is 1.33 bits per heavy atom. The second-order valence-electron chi connectivity index (χ2n) is 4.98. The lowest BCUT2D eigenvalue weighted by Crippen LogP contribution is -2.18. The Hall–Kier alpha value is -1.10. The molecule has 1 heterocycles. The Morgan fingerprint density at radius 3 is 2.86 bits per heavy atom. The first-order chi connectivity index (χ1) is 10.1. The minimum Gasteiger partial charge on any atom is -0.493 e. The minimum absolute atomic E-state index is 0.168. The van der Waals surface area contributed by atoms with Crippen LogP contribution in [-0.4, -0.2) is 13.7 Å². The van der Waals surface area contributed by atoms with Crippen LogP contribution in [0.4, 0.5) is 4.39 Å². The summed E-state index contributed by atoms with van der Waals surface area (Å²) in [6, 6.07) is 8.76. The molecule has 1 aliphatic heterocycles. The quantitative estimate of drug-likeness (QED) is 0.860. The lowest BCUT2D eigenvalue weighted by molar-refractivity contribution is 0.351. The number of benzene rings is 2. The minimum atomic E-state index is -0.285. The van der Waals surface area contributed by atoms with Crippen molar-refractivity contribution in [3.8, 4) is 5.75 Å². The van der Waals surface area contributed by atoms with Crippen LogP contribution in [0.2, 0.25) is 5.02 Å². The van der Waals surface area contributed by atoms with Gasteiger partial charge in [0.2, 0.25) is 0 Å². The lowest BCUT2D eigenvalue weighted by Gasteiger charge is -2.20. The zero-order valence-corrected chi connectivity index (χ0v) is 13.8. The van der Waals surface area contributed by atoms with Crippen LogP contribution in [0.1, 0.15) is 22.7 Å². The SMILES string of the molecule is CNC(c1ccc(Br)c(F)c1)c1cc(Cl)cc2c1OCC2. The maximum atomic E-state index is 13.8. The second-order valence-corrected chi connectivity index (χ2v) is 6.27. The van der Waals surface area contributed by atoms with Crippen LogP contribution in [0.15, 0.2) is 34.8 Å². The smallest absolute Gasteiger partial charge is 0.137 e. The first kappa shape index (κ1) is 14.8. The van der Waals surface area contributed by atoms with Crippen molar-refractivity contribution in [1.29, 1.82) is 0 Å². The molecule has 0 bridgehead atoms. The molecule has 3 rings (SSSR count). The summed E-state index contributed by atoms with van der Waals surface area (Å²) in [6.07, 6.45) is 0.855. The molecule has 0 aliphatic carbocycles. The van der Waals surface area contributed by atoms with E-state index in [0.717, 1.165) is 28.9 Å². The van der Waals surface area contributed by atoms with Gasteiger partial charge >= 0.3 is 0 Å². The Kier molecular flexibility index (Phi) is 4.20. The summed E-state index contributed by atoms with van der Waals surface area (Å²) in [6.45, 7) is 0.661. The van der Waals surface area contributed by atoms with Gasteiger partial charge in [-0.1, -0.05) is 17.7 Å². The molecule has 1 N–H and O–H groups in total. The van der Waals surface area contributed by atoms with Crippen molar-refractivity contribution in [2.45, 2.75) is 12.5 Å². The van der Waals surface area contributed by atoms with E-state index in [1.165, 1.54) is 6.07 Å². The lowest BCUT2D eigenvalue weighted by atomic mass is 9.96. The first-order valence-electron chi connectivity index (χ1n) is 6.67. The summed E-state index contributed by atoms with van der Waals surface area (Å²) in [5.41, 5.74) is 2.88. The van der Waals surface area contributed by atoms with E-state index in [1.54, 1.807) is 6.07 Å². The Labute approximate surface area is 136 Å². The maximum absolute atomic E-state index is 13.8. The van der Waals surface area contributed by atoms with Crippen molar-refractivity contribution in [3.05, 3.63) is 62.3 Å². The zero-order chi connectivity index (χ0) is 15.0. The van der Waals surface area contributed by atoms with E-state index in [-0.39, 0.29) is 11.9 Å². The van der Waals surface area contributed by atoms with E-state index in [1.807, 2.05) is 25.2 Å². The molecule has 0 saturated heterocycles. The van der Waals surface area contributed by atoms with Gasteiger partial charge in [0.05, 0.1) is 17.1 Å². The highest BCUT2D eigenvalue weighted by atomic mass is 79.9. The van der Waals surface area contributed by atoms with Crippen LogP contribution >= 0.6 is 27.5 Å². The van der Waals surface area contributed by atoms with Crippen LogP contribution in [0.25, 0.3) is 0 Å². The van der Waals surface area contributed by atoms with E-state index in [4.69, 9.17) is 16.3 Å². The Morgan fingerprint density at radius 2 is 2.14 bits per heavy atom. The molecule has 5 heteroatoms. The van der Waals surface area contributed by atoms with Crippen molar-refractivity contribution < 1.29 is 9.13 Å². The molecular weight excluding hydrogens is 357 g/mol. The Bertz CT molecular complexity index is 692. The van der Waals surface area contributed by atoms with Crippen molar-refractivity contribution in [2.75, 3.05) is 13.7 Å². The number of fused-ring (bicyclic) bond motifs is 1. The predicted octanol–water partition coefficient (Wildman–Crippen LogP) is 4.49. The molecule has 1 aliphatic rings. The fraction of sp³-hybridized carbons (Fsp3) is 0.250. The van der Waals surface area contributed by atoms with Crippen molar-refractivity contribution >= 4 is 27.5 Å². The molecule has 0 spiro atoms. The van der Waals surface area contributed by atoms with Crippen molar-refractivity contribution in [2.24, 2.45) is 0 Å². The number of nitrogens with one attached hydrogen (secondary N) is 1. The summed E-state index contributed by atoms with van der Waals surface area (Å²) in [7, 11) is 1.84. The van der Waals surface area contributed by atoms with Gasteiger partial charge in [0, 0.05) is 17.0 Å². The summed E-state index contributed by atoms with van der Waals surface area (Å²) in [4.78, 5) is 0. The van der Waals surface area contributed by atoms with Crippen LogP contribution in [0.5, 0.6) is 5.75 Å². The van der Waals surface area contributed by atoms with Gasteiger partial charge in [0.1, 0.15) is 11.6 Å². The van der Waals surface area contributed by atoms with E-state index in [2.05, 4.69) is 21.2 Å². The highest BCUT2D eigenvalue weighted by Crippen LogP contribution is 2.38. The van der Waals surface area contributed by atoms with Gasteiger partial charge in [-0.05, 0) is 58.4 Å². The van der Waals surface area contributed by atoms with Crippen LogP contribution < -0.4 is 10.1 Å². The molecule has 2 aromatic carbocycles. The first-order valence-corrected chi connectivity index (χ1v) is 7.84. The average molecular weight is 371 g/mol. The van der Waals surface area contributed by atoms with Gasteiger partial charge in [-0.15, -0.1) is 0 Å². The average Bonchev–Trinajstić information content (AvgIpc) is 2.91. The molecule has 0 radical (unpaired) electrons. The van der Waals surface area contributed by atoms with Gasteiger partial charge < -0.3 is 10.1 Å². The topological polar surface area (TPSA) is 21.3 Å². The standard InChI is InChI=1S/C16H14BrClFNO/c1-20-15(9-2-3-13(17)14(19)7-9)12-8-11(18)6-10-4-5-21-16(10)12/h2-3,6-8,15,20H,4-5H2,1H3. The molecule has 0 amide bonds. The third kappa shape index (κ3) is 2.80. The Balaban J connectivity index is 2.10. The van der Waals surface area contributed by atoms with Crippen LogP contribution in [0, 0.1) is 5.82 Å². The van der Waals surface area contributed by atoms with E-state index >= 15 is 0 Å². The molecule has 0 aromatic heterocycles. The van der Waals surface area contributed by atoms with Crippen LogP contribution in [0.3, 0.4) is 0 Å². The van der Waals surface area contributed by atoms with E-state index < -0.39 is 0 Å². The molecule has 110 valence electrons. The summed E-state index contributed by atoms with van der Waals surface area (Å²) >= 11 is 9.39. The number of hydrogen-bond donors (Lipinski definition) is 1. The monoisotopic (exact) mass is 369 g/mol. The summed E-state index contributed by atoms with van der Waals surface area (Å²) in [5.74, 6) is 0.578. The third-order valence-electron chi connectivity index (χ3n) is 3.65. The van der Waals surface area contributed by atoms with Gasteiger partial charge in [0.15, 0.2) is 0 Å². The molecule has 0 saturated carbocycles. The molecule has 2 aromatic rings. The van der Waals surface area contributed by atoms with Gasteiger partial charge in [-0.3, -0.25) is 0 Å². The molecule has 21 heavy (non-hydrogen) atoms. The van der Waals surface area contributed by atoms with Crippen molar-refractivity contribution in [3.63, 3.8) is 0 Å². The van der Waals surface area contributed by atoms with Gasteiger partial charge in [-0.25, -0.2) is 4.39 Å². The van der Waals surface area contributed by atoms with E-state index in [0.29, 0.717) is 16.1 Å². The fourth-order valence-corrected chi connectivity index (χ4v) is 3.20. The number of halogens is 3. The highest BCUT2D eigenvalue weighted by Gasteiger charge is 2.24. The predicted molar refractivity (Wildman–Crippen MR) is 85.7 cm³/mol. The summed E-state index contributed by atoms with van der Waals surface area (Å²) < 4.78 is 20.0. The third-order valence-corrected chi connectivity index (χ3v) is 4.52. The number of ether oxygens (including phenoxy) is 1. The van der Waals surface area contributed by atoms with Gasteiger partial charge in [0.25, 0.3) is 0 Å².